The highest BCUT2D eigenvalue weighted by molar-refractivity contribution is 9.10. The molecular formula is C18H10BrClN4O2. The van der Waals surface area contributed by atoms with Crippen LogP contribution in [0.3, 0.4) is 0 Å². The molecule has 0 amide bonds. The predicted octanol–water partition coefficient (Wildman–Crippen LogP) is 5.19. The molecule has 2 N–H and O–H groups in total. The van der Waals surface area contributed by atoms with Crippen LogP contribution in [-0.4, -0.2) is 9.91 Å². The highest BCUT2D eigenvalue weighted by Gasteiger charge is 2.18. The lowest BCUT2D eigenvalue weighted by molar-refractivity contribution is -0.384. The first-order chi connectivity index (χ1) is 12.4. The van der Waals surface area contributed by atoms with Gasteiger partial charge in [0.1, 0.15) is 22.5 Å². The van der Waals surface area contributed by atoms with E-state index in [1.807, 2.05) is 30.3 Å². The zero-order chi connectivity index (χ0) is 18.8. The Bertz CT molecular complexity index is 1080. The Morgan fingerprint density at radius 3 is 2.62 bits per heavy atom. The second-order valence-corrected chi connectivity index (χ2v) is 6.68. The van der Waals surface area contributed by atoms with Gasteiger partial charge < -0.3 is 5.73 Å². The number of halogens is 2. The molecule has 0 aliphatic carbocycles. The Hall–Kier alpha value is -2.95. The fourth-order valence-electron chi connectivity index (χ4n) is 2.53. The summed E-state index contributed by atoms with van der Waals surface area (Å²) in [6.45, 7) is 0. The van der Waals surface area contributed by atoms with Crippen LogP contribution >= 0.6 is 27.5 Å². The number of aromatic nitrogens is 1. The van der Waals surface area contributed by atoms with E-state index in [-0.39, 0.29) is 22.1 Å². The number of nitrogens with zero attached hydrogens (tertiary/aromatic N) is 3. The summed E-state index contributed by atoms with van der Waals surface area (Å²) in [5.41, 5.74) is 8.14. The van der Waals surface area contributed by atoms with Gasteiger partial charge in [0.05, 0.1) is 10.6 Å². The van der Waals surface area contributed by atoms with Crippen LogP contribution in [0, 0.1) is 21.4 Å². The topological polar surface area (TPSA) is 106 Å². The Balaban J connectivity index is 2.26. The van der Waals surface area contributed by atoms with Gasteiger partial charge in [0.25, 0.3) is 5.69 Å². The third-order valence-electron chi connectivity index (χ3n) is 3.73. The van der Waals surface area contributed by atoms with E-state index in [2.05, 4.69) is 20.9 Å². The van der Waals surface area contributed by atoms with Crippen LogP contribution in [0.1, 0.15) is 5.56 Å². The van der Waals surface area contributed by atoms with Crippen LogP contribution in [0.4, 0.5) is 11.5 Å². The van der Waals surface area contributed by atoms with Gasteiger partial charge in [-0.25, -0.2) is 4.98 Å². The first-order valence-corrected chi connectivity index (χ1v) is 8.48. The third-order valence-corrected chi connectivity index (χ3v) is 4.55. The molecule has 128 valence electrons. The number of nitro benzene ring substituents is 1. The van der Waals surface area contributed by atoms with Crippen LogP contribution < -0.4 is 5.73 Å². The number of benzene rings is 2. The largest absolute Gasteiger partial charge is 0.383 e. The molecular weight excluding hydrogens is 420 g/mol. The summed E-state index contributed by atoms with van der Waals surface area (Å²) in [5.74, 6) is 0.0533. The molecule has 0 atom stereocenters. The number of nitriles is 1. The van der Waals surface area contributed by atoms with Crippen molar-refractivity contribution in [1.82, 2.24) is 4.98 Å². The maximum Gasteiger partial charge on any atom is 0.288 e. The van der Waals surface area contributed by atoms with Crippen molar-refractivity contribution in [2.75, 3.05) is 5.73 Å². The van der Waals surface area contributed by atoms with Gasteiger partial charge in [0, 0.05) is 21.7 Å². The maximum atomic E-state index is 11.2. The first kappa shape index (κ1) is 17.9. The van der Waals surface area contributed by atoms with Crippen LogP contribution in [0.2, 0.25) is 5.02 Å². The summed E-state index contributed by atoms with van der Waals surface area (Å²) in [5, 5.41) is 20.6. The predicted molar refractivity (Wildman–Crippen MR) is 104 cm³/mol. The van der Waals surface area contributed by atoms with Crippen LogP contribution in [0.5, 0.6) is 0 Å². The van der Waals surface area contributed by atoms with Gasteiger partial charge in [0.2, 0.25) is 0 Å². The number of anilines is 1. The Morgan fingerprint density at radius 2 is 1.96 bits per heavy atom. The van der Waals surface area contributed by atoms with E-state index in [9.17, 15) is 15.4 Å². The summed E-state index contributed by atoms with van der Waals surface area (Å²) in [6, 6.07) is 15.5. The van der Waals surface area contributed by atoms with Crippen molar-refractivity contribution in [3.8, 4) is 28.5 Å². The van der Waals surface area contributed by atoms with E-state index in [1.165, 1.54) is 12.1 Å². The molecule has 0 saturated heterocycles. The van der Waals surface area contributed by atoms with Gasteiger partial charge in [-0.05, 0) is 29.8 Å². The number of nitrogens with two attached hydrogens (primary N) is 1. The fraction of sp³-hybridized carbons (Fsp3) is 0. The van der Waals surface area contributed by atoms with E-state index >= 15 is 0 Å². The Labute approximate surface area is 162 Å². The molecule has 0 spiro atoms. The molecule has 0 radical (unpaired) electrons. The minimum absolute atomic E-state index is 0.0199. The van der Waals surface area contributed by atoms with E-state index in [0.717, 1.165) is 10.0 Å². The molecule has 0 unspecified atom stereocenters. The Morgan fingerprint density at radius 1 is 1.19 bits per heavy atom. The van der Waals surface area contributed by atoms with Crippen molar-refractivity contribution in [1.29, 1.82) is 5.26 Å². The lowest BCUT2D eigenvalue weighted by atomic mass is 9.98. The van der Waals surface area contributed by atoms with E-state index in [4.69, 9.17) is 17.3 Å². The molecule has 2 aromatic carbocycles. The molecule has 26 heavy (non-hydrogen) atoms. The van der Waals surface area contributed by atoms with Crippen molar-refractivity contribution >= 4 is 39.0 Å². The molecule has 6 nitrogen and oxygen atoms in total. The van der Waals surface area contributed by atoms with E-state index in [1.54, 1.807) is 12.1 Å². The molecule has 1 aromatic heterocycles. The monoisotopic (exact) mass is 428 g/mol. The quantitative estimate of drug-likeness (QED) is 0.455. The van der Waals surface area contributed by atoms with Crippen molar-refractivity contribution in [2.24, 2.45) is 0 Å². The molecule has 3 rings (SSSR count). The van der Waals surface area contributed by atoms with Gasteiger partial charge in [-0.1, -0.05) is 45.7 Å². The lowest BCUT2D eigenvalue weighted by Gasteiger charge is -2.11. The highest BCUT2D eigenvalue weighted by atomic mass is 79.9. The van der Waals surface area contributed by atoms with Crippen molar-refractivity contribution in [2.45, 2.75) is 0 Å². The zero-order valence-electron chi connectivity index (χ0n) is 13.1. The molecule has 1 heterocycles. The van der Waals surface area contributed by atoms with Crippen LogP contribution in [0.15, 0.2) is 53.0 Å². The zero-order valence-corrected chi connectivity index (χ0v) is 15.5. The molecule has 0 bridgehead atoms. The van der Waals surface area contributed by atoms with E-state index in [0.29, 0.717) is 16.8 Å². The number of nitrogen functional groups attached to an aromatic ring is 1. The van der Waals surface area contributed by atoms with Gasteiger partial charge in [-0.3, -0.25) is 10.1 Å². The van der Waals surface area contributed by atoms with Gasteiger partial charge in [0.15, 0.2) is 0 Å². The summed E-state index contributed by atoms with van der Waals surface area (Å²) in [4.78, 5) is 14.9. The number of hydrogen-bond donors (Lipinski definition) is 1. The number of nitro groups is 1. The first-order valence-electron chi connectivity index (χ1n) is 7.31. The summed E-state index contributed by atoms with van der Waals surface area (Å²) < 4.78 is 0.864. The molecule has 0 saturated carbocycles. The normalized spacial score (nSPS) is 10.3. The smallest absolute Gasteiger partial charge is 0.288 e. The second-order valence-electron chi connectivity index (χ2n) is 5.36. The fourth-order valence-corrected chi connectivity index (χ4v) is 3.11. The average molecular weight is 430 g/mol. The van der Waals surface area contributed by atoms with Gasteiger partial charge >= 0.3 is 0 Å². The second kappa shape index (κ2) is 7.12. The minimum atomic E-state index is -0.572. The maximum absolute atomic E-state index is 11.2. The molecule has 0 aliphatic rings. The molecule has 0 fully saturated rings. The Kier molecular flexibility index (Phi) is 4.89. The van der Waals surface area contributed by atoms with Crippen LogP contribution in [-0.2, 0) is 0 Å². The summed E-state index contributed by atoms with van der Waals surface area (Å²) >= 11 is 9.28. The van der Waals surface area contributed by atoms with Crippen molar-refractivity contribution < 1.29 is 4.92 Å². The summed E-state index contributed by atoms with van der Waals surface area (Å²) in [6.07, 6.45) is 0. The number of rotatable bonds is 3. The number of pyridine rings is 1. The summed E-state index contributed by atoms with van der Waals surface area (Å²) in [7, 11) is 0. The van der Waals surface area contributed by atoms with Gasteiger partial charge in [-0.15, -0.1) is 0 Å². The third kappa shape index (κ3) is 3.38. The SMILES string of the molecule is N#Cc1c(-c2ccc(Cl)c([N+](=O)[O-])c2)cc(-c2cccc(Br)c2)nc1N. The van der Waals surface area contributed by atoms with Crippen molar-refractivity contribution in [3.05, 3.63) is 73.7 Å². The highest BCUT2D eigenvalue weighted by Crippen LogP contribution is 2.35. The van der Waals surface area contributed by atoms with Crippen LogP contribution in [0.25, 0.3) is 22.4 Å². The standard InChI is InChI=1S/C18H10BrClN4O2/c19-12-3-1-2-11(6-12)16-8-13(14(9-21)18(22)23-16)10-4-5-15(20)17(7-10)24(25)26/h1-8H,(H2,22,23). The molecule has 0 aliphatic heterocycles. The number of hydrogen-bond acceptors (Lipinski definition) is 5. The molecule has 3 aromatic rings. The average Bonchev–Trinajstić information content (AvgIpc) is 2.61. The van der Waals surface area contributed by atoms with E-state index < -0.39 is 4.92 Å². The lowest BCUT2D eigenvalue weighted by Crippen LogP contribution is -2.00. The molecule has 8 heteroatoms. The van der Waals surface area contributed by atoms with Crippen molar-refractivity contribution in [3.63, 3.8) is 0 Å². The minimum Gasteiger partial charge on any atom is -0.383 e. The van der Waals surface area contributed by atoms with Gasteiger partial charge in [-0.2, -0.15) is 5.26 Å².